The van der Waals surface area contributed by atoms with Crippen molar-refractivity contribution in [1.29, 1.82) is 0 Å². The Morgan fingerprint density at radius 3 is 2.55 bits per heavy atom. The van der Waals surface area contributed by atoms with E-state index in [-0.39, 0.29) is 24.0 Å². The van der Waals surface area contributed by atoms with Gasteiger partial charge in [-0.05, 0) is 12.8 Å². The summed E-state index contributed by atoms with van der Waals surface area (Å²) in [6.07, 6.45) is 1.78. The molecule has 3 heterocycles. The van der Waals surface area contributed by atoms with Crippen LogP contribution in [0.3, 0.4) is 0 Å². The number of nitrogens with zero attached hydrogens (tertiary/aromatic N) is 3. The molecule has 3 aliphatic rings. The summed E-state index contributed by atoms with van der Waals surface area (Å²) >= 11 is 0. The van der Waals surface area contributed by atoms with Gasteiger partial charge in [0.05, 0.1) is 12.1 Å². The standard InChI is InChI=1S/C15H26N4O3/c1-17-12-15(22-11-14(17)21)2-6-18(7-3-15)10-13(20)19-8-4-16-5-9-19/h16H,2-12H2,1H3. The molecule has 2 amide bonds. The lowest BCUT2D eigenvalue weighted by atomic mass is 9.89. The second kappa shape index (κ2) is 6.52. The Kier molecular flexibility index (Phi) is 4.65. The molecule has 0 aromatic carbocycles. The number of amides is 2. The Bertz CT molecular complexity index is 429. The number of hydrogen-bond acceptors (Lipinski definition) is 5. The van der Waals surface area contributed by atoms with Crippen molar-refractivity contribution in [3.8, 4) is 0 Å². The summed E-state index contributed by atoms with van der Waals surface area (Å²) in [6.45, 7) is 6.50. The first-order valence-electron chi connectivity index (χ1n) is 8.17. The molecule has 7 heteroatoms. The van der Waals surface area contributed by atoms with E-state index < -0.39 is 0 Å². The number of carbonyl (C=O) groups is 2. The maximum Gasteiger partial charge on any atom is 0.248 e. The molecule has 0 atom stereocenters. The summed E-state index contributed by atoms with van der Waals surface area (Å²) in [5.74, 6) is 0.288. The molecule has 3 rings (SSSR count). The fraction of sp³-hybridized carbons (Fsp3) is 0.867. The van der Waals surface area contributed by atoms with Gasteiger partial charge in [0.1, 0.15) is 6.61 Å². The number of ether oxygens (including phenoxy) is 1. The highest BCUT2D eigenvalue weighted by Crippen LogP contribution is 2.29. The van der Waals surface area contributed by atoms with Crippen molar-refractivity contribution in [3.63, 3.8) is 0 Å². The Morgan fingerprint density at radius 2 is 1.91 bits per heavy atom. The van der Waals surface area contributed by atoms with E-state index in [0.29, 0.717) is 13.1 Å². The number of likely N-dealkylation sites (tertiary alicyclic amines) is 1. The normalized spacial score (nSPS) is 26.5. The van der Waals surface area contributed by atoms with E-state index in [4.69, 9.17) is 4.74 Å². The predicted octanol–water partition coefficient (Wildman–Crippen LogP) is -1.26. The van der Waals surface area contributed by atoms with Crippen LogP contribution in [0.15, 0.2) is 0 Å². The minimum absolute atomic E-state index is 0.0574. The molecule has 0 saturated carbocycles. The lowest BCUT2D eigenvalue weighted by Gasteiger charge is -2.46. The Labute approximate surface area is 131 Å². The van der Waals surface area contributed by atoms with E-state index in [2.05, 4.69) is 10.2 Å². The van der Waals surface area contributed by atoms with Crippen LogP contribution in [-0.4, -0.2) is 98.1 Å². The molecule has 3 fully saturated rings. The molecule has 0 unspecified atom stereocenters. The summed E-state index contributed by atoms with van der Waals surface area (Å²) in [5, 5.41) is 3.26. The summed E-state index contributed by atoms with van der Waals surface area (Å²) < 4.78 is 5.84. The van der Waals surface area contributed by atoms with Crippen LogP contribution in [-0.2, 0) is 14.3 Å². The monoisotopic (exact) mass is 310 g/mol. The molecule has 3 saturated heterocycles. The van der Waals surface area contributed by atoms with E-state index >= 15 is 0 Å². The van der Waals surface area contributed by atoms with Gasteiger partial charge in [-0.2, -0.15) is 0 Å². The van der Waals surface area contributed by atoms with E-state index in [1.165, 1.54) is 0 Å². The van der Waals surface area contributed by atoms with Crippen molar-refractivity contribution < 1.29 is 14.3 Å². The predicted molar refractivity (Wildman–Crippen MR) is 81.4 cm³/mol. The smallest absolute Gasteiger partial charge is 0.248 e. The van der Waals surface area contributed by atoms with Crippen molar-refractivity contribution in [1.82, 2.24) is 20.0 Å². The van der Waals surface area contributed by atoms with E-state index in [1.54, 1.807) is 4.90 Å². The fourth-order valence-corrected chi connectivity index (χ4v) is 3.52. The van der Waals surface area contributed by atoms with Gasteiger partial charge < -0.3 is 19.9 Å². The first kappa shape index (κ1) is 15.7. The Balaban J connectivity index is 1.47. The minimum Gasteiger partial charge on any atom is -0.363 e. The average Bonchev–Trinajstić information content (AvgIpc) is 2.55. The SMILES string of the molecule is CN1CC2(CCN(CC(=O)N3CCNCC3)CC2)OCC1=O. The highest BCUT2D eigenvalue weighted by molar-refractivity contribution is 5.78. The molecule has 0 aromatic heterocycles. The topological polar surface area (TPSA) is 65.1 Å². The molecule has 0 aromatic rings. The van der Waals surface area contributed by atoms with Gasteiger partial charge in [-0.15, -0.1) is 0 Å². The zero-order valence-electron chi connectivity index (χ0n) is 13.3. The molecule has 1 spiro atoms. The van der Waals surface area contributed by atoms with Crippen LogP contribution in [0, 0.1) is 0 Å². The molecular weight excluding hydrogens is 284 g/mol. The summed E-state index contributed by atoms with van der Waals surface area (Å²) in [6, 6.07) is 0. The van der Waals surface area contributed by atoms with Gasteiger partial charge in [-0.25, -0.2) is 0 Å². The number of morpholine rings is 1. The molecule has 0 aliphatic carbocycles. The van der Waals surface area contributed by atoms with Crippen molar-refractivity contribution in [3.05, 3.63) is 0 Å². The Morgan fingerprint density at radius 1 is 1.23 bits per heavy atom. The van der Waals surface area contributed by atoms with Gasteiger partial charge in [-0.3, -0.25) is 14.5 Å². The van der Waals surface area contributed by atoms with E-state index in [0.717, 1.165) is 52.1 Å². The first-order chi connectivity index (χ1) is 10.6. The van der Waals surface area contributed by atoms with E-state index in [9.17, 15) is 9.59 Å². The van der Waals surface area contributed by atoms with Crippen LogP contribution in [0.5, 0.6) is 0 Å². The molecule has 3 aliphatic heterocycles. The van der Waals surface area contributed by atoms with Gasteiger partial charge in [0.2, 0.25) is 11.8 Å². The van der Waals surface area contributed by atoms with Gasteiger partial charge in [-0.1, -0.05) is 0 Å². The molecular formula is C15H26N4O3. The highest BCUT2D eigenvalue weighted by atomic mass is 16.5. The highest BCUT2D eigenvalue weighted by Gasteiger charge is 2.41. The number of likely N-dealkylation sites (N-methyl/N-ethyl adjacent to an activating group) is 1. The zero-order chi connectivity index (χ0) is 15.6. The number of carbonyl (C=O) groups excluding carboxylic acids is 2. The minimum atomic E-state index is -0.197. The molecule has 7 nitrogen and oxygen atoms in total. The summed E-state index contributed by atoms with van der Waals surface area (Å²) in [4.78, 5) is 29.8. The number of piperazine rings is 1. The van der Waals surface area contributed by atoms with Crippen LogP contribution in [0.1, 0.15) is 12.8 Å². The average molecular weight is 310 g/mol. The van der Waals surface area contributed by atoms with Crippen LogP contribution >= 0.6 is 0 Å². The fourth-order valence-electron chi connectivity index (χ4n) is 3.52. The van der Waals surface area contributed by atoms with Gasteiger partial charge >= 0.3 is 0 Å². The number of hydrogen-bond donors (Lipinski definition) is 1. The first-order valence-corrected chi connectivity index (χ1v) is 8.17. The maximum absolute atomic E-state index is 12.3. The number of rotatable bonds is 2. The third-order valence-electron chi connectivity index (χ3n) is 5.05. The molecule has 1 N–H and O–H groups in total. The van der Waals surface area contributed by atoms with Crippen molar-refractivity contribution in [2.24, 2.45) is 0 Å². The lowest BCUT2D eigenvalue weighted by molar-refractivity contribution is -0.169. The quantitative estimate of drug-likeness (QED) is 0.690. The molecule has 22 heavy (non-hydrogen) atoms. The zero-order valence-corrected chi connectivity index (χ0v) is 13.3. The molecule has 0 radical (unpaired) electrons. The van der Waals surface area contributed by atoms with Crippen LogP contribution in [0.4, 0.5) is 0 Å². The van der Waals surface area contributed by atoms with Crippen molar-refractivity contribution in [2.75, 3.05) is 66.0 Å². The third-order valence-corrected chi connectivity index (χ3v) is 5.05. The second-order valence-corrected chi connectivity index (χ2v) is 6.63. The van der Waals surface area contributed by atoms with E-state index in [1.807, 2.05) is 11.9 Å². The molecule has 0 bridgehead atoms. The van der Waals surface area contributed by atoms with Crippen LogP contribution < -0.4 is 5.32 Å². The van der Waals surface area contributed by atoms with Gasteiger partial charge in [0, 0.05) is 52.9 Å². The lowest BCUT2D eigenvalue weighted by Crippen LogP contribution is -2.58. The van der Waals surface area contributed by atoms with Crippen molar-refractivity contribution >= 4 is 11.8 Å². The van der Waals surface area contributed by atoms with Crippen molar-refractivity contribution in [2.45, 2.75) is 18.4 Å². The number of nitrogens with one attached hydrogen (secondary N) is 1. The van der Waals surface area contributed by atoms with Gasteiger partial charge in [0.15, 0.2) is 0 Å². The van der Waals surface area contributed by atoms with Gasteiger partial charge in [0.25, 0.3) is 0 Å². The van der Waals surface area contributed by atoms with Crippen LogP contribution in [0.25, 0.3) is 0 Å². The summed E-state index contributed by atoms with van der Waals surface area (Å²) in [5.41, 5.74) is -0.197. The summed E-state index contributed by atoms with van der Waals surface area (Å²) in [7, 11) is 1.84. The second-order valence-electron chi connectivity index (χ2n) is 6.63. The molecule has 124 valence electrons. The largest absolute Gasteiger partial charge is 0.363 e. The third kappa shape index (κ3) is 3.42. The van der Waals surface area contributed by atoms with Crippen LogP contribution in [0.2, 0.25) is 0 Å². The Hall–Kier alpha value is -1.18. The maximum atomic E-state index is 12.3. The number of piperidine rings is 1.